The maximum atomic E-state index is 12.1. The number of primary amides is 1. The predicted molar refractivity (Wildman–Crippen MR) is 130 cm³/mol. The molecule has 0 radical (unpaired) electrons. The van der Waals surface area contributed by atoms with E-state index in [-0.39, 0.29) is 10.5 Å². The van der Waals surface area contributed by atoms with Crippen LogP contribution in [-0.2, 0) is 14.6 Å². The number of nitrogens with zero attached hydrogens (tertiary/aromatic N) is 1. The number of carbonyl (C=O) groups is 1. The van der Waals surface area contributed by atoms with Crippen molar-refractivity contribution in [2.45, 2.75) is 24.7 Å². The second-order valence-corrected chi connectivity index (χ2v) is 9.76. The molecule has 0 fully saturated rings. The van der Waals surface area contributed by atoms with Gasteiger partial charge >= 0.3 is 0 Å². The van der Waals surface area contributed by atoms with Gasteiger partial charge in [-0.2, -0.15) is 0 Å². The number of nitrogens with two attached hydrogens (primary N) is 1. The zero-order valence-corrected chi connectivity index (χ0v) is 19.9. The van der Waals surface area contributed by atoms with E-state index in [1.165, 1.54) is 12.1 Å². The highest BCUT2D eigenvalue weighted by Gasteiger charge is 2.14. The van der Waals surface area contributed by atoms with E-state index in [0.29, 0.717) is 17.8 Å². The minimum absolute atomic E-state index is 0.180. The molecule has 0 bridgehead atoms. The summed E-state index contributed by atoms with van der Waals surface area (Å²) in [6.45, 7) is 3.79. The summed E-state index contributed by atoms with van der Waals surface area (Å²) < 4.78 is 23.8. The van der Waals surface area contributed by atoms with Gasteiger partial charge in [-0.15, -0.1) is 0 Å². The number of amides is 1. The van der Waals surface area contributed by atoms with Crippen LogP contribution in [0.2, 0.25) is 0 Å². The highest BCUT2D eigenvalue weighted by molar-refractivity contribution is 7.90. The quantitative estimate of drug-likeness (QED) is 0.494. The van der Waals surface area contributed by atoms with Gasteiger partial charge in [-0.05, 0) is 56.4 Å². The van der Waals surface area contributed by atoms with Crippen LogP contribution in [0.4, 0.5) is 5.69 Å². The molecule has 0 spiro atoms. The third-order valence-electron chi connectivity index (χ3n) is 4.85. The van der Waals surface area contributed by atoms with Gasteiger partial charge in [-0.3, -0.25) is 4.79 Å². The molecule has 0 saturated carbocycles. The number of rotatable bonds is 9. The lowest BCUT2D eigenvalue weighted by Crippen LogP contribution is -2.26. The lowest BCUT2D eigenvalue weighted by Gasteiger charge is -2.16. The van der Waals surface area contributed by atoms with Gasteiger partial charge in [-0.25, -0.2) is 8.42 Å². The Hall–Kier alpha value is -3.06. The van der Waals surface area contributed by atoms with Crippen molar-refractivity contribution >= 4 is 21.4 Å². The summed E-state index contributed by atoms with van der Waals surface area (Å²) in [4.78, 5) is 14.4. The molecule has 0 atom stereocenters. The molecule has 4 N–H and O–H groups in total. The average Bonchev–Trinajstić information content (AvgIpc) is 2.71. The number of carbonyl (C=O) groups excluding carboxylic acids is 1. The van der Waals surface area contributed by atoms with Crippen LogP contribution in [0.25, 0.3) is 0 Å². The Kier molecular flexibility index (Phi) is 9.08. The Morgan fingerprint density at radius 3 is 2.66 bits per heavy atom. The molecule has 32 heavy (non-hydrogen) atoms. The predicted octanol–water partition coefficient (Wildman–Crippen LogP) is 2.73. The maximum absolute atomic E-state index is 12.1. The smallest absolute Gasteiger partial charge is 0.251 e. The van der Waals surface area contributed by atoms with Gasteiger partial charge in [0.1, 0.15) is 0 Å². The van der Waals surface area contributed by atoms with Gasteiger partial charge in [-0.1, -0.05) is 30.9 Å². The van der Waals surface area contributed by atoms with Crippen LogP contribution in [0.15, 0.2) is 81.7 Å². The van der Waals surface area contributed by atoms with E-state index < -0.39 is 15.7 Å². The molecule has 1 aliphatic carbocycles. The molecule has 1 aromatic rings. The van der Waals surface area contributed by atoms with Gasteiger partial charge in [0.15, 0.2) is 9.84 Å². The average molecular weight is 457 g/mol. The summed E-state index contributed by atoms with van der Waals surface area (Å²) in [5, 5.41) is 6.60. The van der Waals surface area contributed by atoms with Crippen molar-refractivity contribution in [3.8, 4) is 0 Å². The van der Waals surface area contributed by atoms with E-state index in [4.69, 9.17) is 5.73 Å². The zero-order chi connectivity index (χ0) is 23.7. The molecule has 0 unspecified atom stereocenters. The first-order valence-electron chi connectivity index (χ1n) is 10.4. The number of benzene rings is 1. The first kappa shape index (κ1) is 25.2. The summed E-state index contributed by atoms with van der Waals surface area (Å²) in [6.07, 6.45) is 9.84. The summed E-state index contributed by atoms with van der Waals surface area (Å²) in [6, 6.07) is 6.40. The lowest BCUT2D eigenvalue weighted by atomic mass is 10.0. The monoisotopic (exact) mass is 456 g/mol. The van der Waals surface area contributed by atoms with E-state index in [1.54, 1.807) is 24.3 Å². The van der Waals surface area contributed by atoms with Gasteiger partial charge in [0.2, 0.25) is 0 Å². The van der Waals surface area contributed by atoms with E-state index in [0.717, 1.165) is 37.0 Å². The number of hydrogen-bond donors (Lipinski definition) is 3. The molecule has 0 saturated heterocycles. The molecular formula is C24H32N4O3S. The van der Waals surface area contributed by atoms with E-state index in [1.807, 2.05) is 26.2 Å². The molecule has 172 valence electrons. The Morgan fingerprint density at radius 1 is 1.28 bits per heavy atom. The van der Waals surface area contributed by atoms with Gasteiger partial charge in [0.25, 0.3) is 5.91 Å². The fourth-order valence-electron chi connectivity index (χ4n) is 3.11. The van der Waals surface area contributed by atoms with Crippen LogP contribution in [-0.4, -0.2) is 52.7 Å². The minimum Gasteiger partial charge on any atom is -0.387 e. The zero-order valence-electron chi connectivity index (χ0n) is 19.1. The summed E-state index contributed by atoms with van der Waals surface area (Å²) in [5.74, 6) is -0.607. The molecule has 2 rings (SSSR count). The number of allylic oxidation sites excluding steroid dienone is 5. The first-order chi connectivity index (χ1) is 15.1. The van der Waals surface area contributed by atoms with Crippen LogP contribution < -0.4 is 16.4 Å². The summed E-state index contributed by atoms with van der Waals surface area (Å²) in [5.41, 5.74) is 12.1. The highest BCUT2D eigenvalue weighted by Crippen LogP contribution is 2.21. The Morgan fingerprint density at radius 2 is 2.03 bits per heavy atom. The van der Waals surface area contributed by atoms with Crippen LogP contribution in [0.3, 0.4) is 0 Å². The van der Waals surface area contributed by atoms with Gasteiger partial charge < -0.3 is 21.3 Å². The SMILES string of the molecule is CCC1=C(NCCN(C)C)CC=C=C(Nc2cccc(S(C)(=O)=O)c2)/C(C(N)=O)=C\C=C1. The van der Waals surface area contributed by atoms with E-state index >= 15 is 0 Å². The molecule has 8 heteroatoms. The van der Waals surface area contributed by atoms with E-state index in [9.17, 15) is 13.2 Å². The van der Waals surface area contributed by atoms with Crippen molar-refractivity contribution < 1.29 is 13.2 Å². The minimum atomic E-state index is -3.36. The number of hydrogen-bond acceptors (Lipinski definition) is 6. The second kappa shape index (κ2) is 11.5. The van der Waals surface area contributed by atoms with Crippen LogP contribution in [0.1, 0.15) is 19.8 Å². The second-order valence-electron chi connectivity index (χ2n) is 7.74. The van der Waals surface area contributed by atoms with Crippen molar-refractivity contribution in [3.05, 3.63) is 76.8 Å². The van der Waals surface area contributed by atoms with Crippen molar-refractivity contribution in [1.82, 2.24) is 10.2 Å². The fraction of sp³-hybridized carbons (Fsp3) is 0.333. The van der Waals surface area contributed by atoms with Crippen LogP contribution >= 0.6 is 0 Å². The van der Waals surface area contributed by atoms with Crippen molar-refractivity contribution in [1.29, 1.82) is 0 Å². The third-order valence-corrected chi connectivity index (χ3v) is 5.96. The summed E-state index contributed by atoms with van der Waals surface area (Å²) >= 11 is 0. The number of nitrogens with one attached hydrogen (secondary N) is 2. The molecule has 1 aliphatic rings. The summed E-state index contributed by atoms with van der Waals surface area (Å²) in [7, 11) is 0.691. The van der Waals surface area contributed by atoms with Gasteiger partial charge in [0.05, 0.1) is 16.2 Å². The Labute approximate surface area is 191 Å². The topological polar surface area (TPSA) is 105 Å². The third kappa shape index (κ3) is 7.57. The molecular weight excluding hydrogens is 424 g/mol. The molecule has 0 aromatic heterocycles. The van der Waals surface area contributed by atoms with E-state index in [2.05, 4.69) is 28.2 Å². The molecule has 0 aliphatic heterocycles. The molecule has 7 nitrogen and oxygen atoms in total. The molecule has 0 heterocycles. The Balaban J connectivity index is 2.44. The molecule has 1 amide bonds. The van der Waals surface area contributed by atoms with Crippen molar-refractivity contribution in [2.75, 3.05) is 38.8 Å². The number of likely N-dealkylation sites (N-methyl/N-ethyl adjacent to an activating group) is 1. The Bertz CT molecular complexity index is 1110. The number of anilines is 1. The first-order valence-corrected chi connectivity index (χ1v) is 12.3. The number of sulfone groups is 1. The van der Waals surface area contributed by atoms with Crippen molar-refractivity contribution in [3.63, 3.8) is 0 Å². The van der Waals surface area contributed by atoms with Crippen LogP contribution in [0.5, 0.6) is 0 Å². The van der Waals surface area contributed by atoms with Gasteiger partial charge in [0, 0.05) is 37.2 Å². The maximum Gasteiger partial charge on any atom is 0.251 e. The molecule has 1 aromatic carbocycles. The fourth-order valence-corrected chi connectivity index (χ4v) is 3.78. The highest BCUT2D eigenvalue weighted by atomic mass is 32.2. The lowest BCUT2D eigenvalue weighted by molar-refractivity contribution is -0.114. The van der Waals surface area contributed by atoms with Crippen LogP contribution in [0, 0.1) is 0 Å². The normalized spacial score (nSPS) is 16.4. The van der Waals surface area contributed by atoms with Crippen molar-refractivity contribution in [2.24, 2.45) is 5.73 Å². The standard InChI is InChI=1S/C24H32N4O3S/c1-5-18-9-6-12-21(24(25)29)23(14-8-13-22(18)26-15-16-28(2)3)27-19-10-7-11-20(17-19)32(4,30)31/h6-12,17,26-27H,5,13,15-16H2,1-4H3,(H2,25,29)/b9-6?,21-12+,22-18?. The largest absolute Gasteiger partial charge is 0.387 e.